The molecule has 3 saturated heterocycles. The van der Waals surface area contributed by atoms with Crippen LogP contribution in [0.3, 0.4) is 0 Å². The Morgan fingerprint density at radius 3 is 2.88 bits per heavy atom. The van der Waals surface area contributed by atoms with E-state index in [-0.39, 0.29) is 0 Å². The van der Waals surface area contributed by atoms with Crippen LogP contribution < -0.4 is 10.2 Å². The zero-order valence-corrected chi connectivity index (χ0v) is 20.5. The highest BCUT2D eigenvalue weighted by atomic mass is 15.3. The van der Waals surface area contributed by atoms with Gasteiger partial charge in [-0.25, -0.2) is 0 Å². The molecule has 7 rings (SSSR count). The van der Waals surface area contributed by atoms with Gasteiger partial charge in [0.25, 0.3) is 0 Å². The van der Waals surface area contributed by atoms with E-state index in [0.29, 0.717) is 12.1 Å². The molecule has 4 aliphatic heterocycles. The number of nitrogens with one attached hydrogen (secondary N) is 1. The Kier molecular flexibility index (Phi) is 5.60. The summed E-state index contributed by atoms with van der Waals surface area (Å²) in [6, 6.07) is 13.3. The van der Waals surface area contributed by atoms with Crippen LogP contribution in [0.5, 0.6) is 0 Å². The Morgan fingerprint density at radius 1 is 0.941 bits per heavy atom. The number of aryl methyl sites for hydroxylation is 1. The molecule has 0 unspecified atom stereocenters. The zero-order chi connectivity index (χ0) is 22.5. The number of pyridine rings is 1. The van der Waals surface area contributed by atoms with Gasteiger partial charge in [0.15, 0.2) is 0 Å². The van der Waals surface area contributed by atoms with E-state index >= 15 is 0 Å². The standard InChI is InChI=1S/C29H39N5/c1-5-23-18-31-24(17-26(23)27(9-1)33-16-15-32-13-4-8-25(32)20-33)19-34-14-3-7-22-11-10-21-6-2-12-30-28(21)29(22)34/h1-2,5-6,9,12,22,24-25,29,31H,3-4,7-8,10-11,13-20H2/t22-,24-,25-,29+/m1/s1. The Hall–Kier alpha value is -1.95. The molecule has 1 aromatic carbocycles. The summed E-state index contributed by atoms with van der Waals surface area (Å²) in [6.45, 7) is 8.31. The second-order valence-electron chi connectivity index (χ2n) is 11.4. The molecule has 1 aromatic heterocycles. The first-order chi connectivity index (χ1) is 16.8. The number of nitrogens with zero attached hydrogens (tertiary/aromatic N) is 4. The van der Waals surface area contributed by atoms with Crippen LogP contribution in [-0.4, -0.2) is 66.1 Å². The van der Waals surface area contributed by atoms with Crippen LogP contribution in [0.2, 0.25) is 0 Å². The summed E-state index contributed by atoms with van der Waals surface area (Å²) in [6.07, 6.45) is 11.2. The van der Waals surface area contributed by atoms with E-state index < -0.39 is 0 Å². The molecule has 1 N–H and O–H groups in total. The predicted molar refractivity (Wildman–Crippen MR) is 137 cm³/mol. The molecule has 3 fully saturated rings. The summed E-state index contributed by atoms with van der Waals surface area (Å²) in [4.78, 5) is 13.1. The van der Waals surface area contributed by atoms with Crippen LogP contribution in [-0.2, 0) is 19.4 Å². The van der Waals surface area contributed by atoms with Crippen molar-refractivity contribution in [3.63, 3.8) is 0 Å². The summed E-state index contributed by atoms with van der Waals surface area (Å²) in [7, 11) is 0. The highest BCUT2D eigenvalue weighted by molar-refractivity contribution is 5.58. The molecule has 0 bridgehead atoms. The van der Waals surface area contributed by atoms with Crippen LogP contribution in [0.4, 0.5) is 5.69 Å². The molecular weight excluding hydrogens is 418 g/mol. The first-order valence-corrected chi connectivity index (χ1v) is 13.8. The van der Waals surface area contributed by atoms with Crippen LogP contribution in [0, 0.1) is 5.92 Å². The smallest absolute Gasteiger partial charge is 0.0610 e. The van der Waals surface area contributed by atoms with Crippen molar-refractivity contribution in [3.8, 4) is 0 Å². The third-order valence-electron chi connectivity index (χ3n) is 9.51. The number of benzene rings is 1. The lowest BCUT2D eigenvalue weighted by Crippen LogP contribution is -2.52. The molecule has 0 spiro atoms. The molecule has 4 atom stereocenters. The van der Waals surface area contributed by atoms with Gasteiger partial charge in [0.2, 0.25) is 0 Å². The van der Waals surface area contributed by atoms with E-state index in [9.17, 15) is 0 Å². The molecule has 2 aromatic rings. The number of rotatable bonds is 3. The number of anilines is 1. The second-order valence-corrected chi connectivity index (χ2v) is 11.4. The maximum Gasteiger partial charge on any atom is 0.0610 e. The Labute approximate surface area is 204 Å². The van der Waals surface area contributed by atoms with E-state index in [2.05, 4.69) is 50.3 Å². The maximum atomic E-state index is 4.91. The topological polar surface area (TPSA) is 34.6 Å². The minimum absolute atomic E-state index is 0.521. The SMILES string of the molecule is c1cnc2c(c1)CC[C@H]1CCCN(C[C@H]3Cc4c(cccc4N4CCN5CCC[C@@H]5C4)CN3)[C@H]21. The fourth-order valence-corrected chi connectivity index (χ4v) is 7.84. The molecule has 1 aliphatic carbocycles. The lowest BCUT2D eigenvalue weighted by atomic mass is 9.76. The van der Waals surface area contributed by atoms with E-state index in [1.54, 1.807) is 5.56 Å². The molecule has 34 heavy (non-hydrogen) atoms. The van der Waals surface area contributed by atoms with Crippen molar-refractivity contribution in [1.82, 2.24) is 20.1 Å². The van der Waals surface area contributed by atoms with Crippen molar-refractivity contribution in [1.29, 1.82) is 0 Å². The molecular formula is C29H39N5. The molecule has 0 amide bonds. The Balaban J connectivity index is 1.11. The summed E-state index contributed by atoms with van der Waals surface area (Å²) in [5.74, 6) is 0.783. The Bertz CT molecular complexity index is 1040. The van der Waals surface area contributed by atoms with E-state index in [1.807, 2.05) is 6.20 Å². The molecule has 5 aliphatic rings. The summed E-state index contributed by atoms with van der Waals surface area (Å²) in [5.41, 5.74) is 7.53. The van der Waals surface area contributed by atoms with E-state index in [4.69, 9.17) is 4.98 Å². The first kappa shape index (κ1) is 21.3. The quantitative estimate of drug-likeness (QED) is 0.759. The molecule has 5 heterocycles. The third kappa shape index (κ3) is 3.77. The minimum atomic E-state index is 0.521. The highest BCUT2D eigenvalue weighted by Crippen LogP contribution is 2.43. The van der Waals surface area contributed by atoms with Gasteiger partial charge >= 0.3 is 0 Å². The minimum Gasteiger partial charge on any atom is -0.368 e. The highest BCUT2D eigenvalue weighted by Gasteiger charge is 2.39. The van der Waals surface area contributed by atoms with Crippen LogP contribution >= 0.6 is 0 Å². The molecule has 0 radical (unpaired) electrons. The molecule has 180 valence electrons. The van der Waals surface area contributed by atoms with Crippen LogP contribution in [0.1, 0.15) is 60.5 Å². The monoisotopic (exact) mass is 457 g/mol. The number of fused-ring (bicyclic) bond motifs is 5. The van der Waals surface area contributed by atoms with Crippen LogP contribution in [0.25, 0.3) is 0 Å². The average Bonchev–Trinajstić information content (AvgIpc) is 3.36. The van der Waals surface area contributed by atoms with Gasteiger partial charge < -0.3 is 10.2 Å². The van der Waals surface area contributed by atoms with Crippen molar-refractivity contribution < 1.29 is 0 Å². The van der Waals surface area contributed by atoms with Crippen molar-refractivity contribution >= 4 is 5.69 Å². The fourth-order valence-electron chi connectivity index (χ4n) is 7.84. The maximum absolute atomic E-state index is 4.91. The lowest BCUT2D eigenvalue weighted by Gasteiger charge is -2.46. The number of hydrogen-bond donors (Lipinski definition) is 1. The van der Waals surface area contributed by atoms with Gasteiger partial charge in [-0.3, -0.25) is 14.8 Å². The van der Waals surface area contributed by atoms with Gasteiger partial charge in [0.05, 0.1) is 11.7 Å². The van der Waals surface area contributed by atoms with E-state index in [0.717, 1.165) is 31.5 Å². The number of hydrogen-bond acceptors (Lipinski definition) is 5. The van der Waals surface area contributed by atoms with Gasteiger partial charge in [-0.2, -0.15) is 0 Å². The van der Waals surface area contributed by atoms with Gasteiger partial charge in [0.1, 0.15) is 0 Å². The number of likely N-dealkylation sites (tertiary alicyclic amines) is 1. The van der Waals surface area contributed by atoms with Crippen molar-refractivity contribution in [2.45, 2.75) is 69.6 Å². The van der Waals surface area contributed by atoms with Crippen molar-refractivity contribution in [2.24, 2.45) is 5.92 Å². The number of piperidine rings is 1. The fraction of sp³-hybridized carbons (Fsp3) is 0.621. The predicted octanol–water partition coefficient (Wildman–Crippen LogP) is 3.78. The molecule has 5 nitrogen and oxygen atoms in total. The van der Waals surface area contributed by atoms with E-state index in [1.165, 1.54) is 93.8 Å². The van der Waals surface area contributed by atoms with Crippen molar-refractivity contribution in [3.05, 3.63) is 58.9 Å². The van der Waals surface area contributed by atoms with Crippen LogP contribution in [0.15, 0.2) is 36.5 Å². The zero-order valence-electron chi connectivity index (χ0n) is 20.5. The summed E-state index contributed by atoms with van der Waals surface area (Å²) in [5, 5.41) is 3.92. The number of piperazine rings is 1. The lowest BCUT2D eigenvalue weighted by molar-refractivity contribution is 0.0661. The van der Waals surface area contributed by atoms with Gasteiger partial charge in [-0.15, -0.1) is 0 Å². The third-order valence-corrected chi connectivity index (χ3v) is 9.51. The van der Waals surface area contributed by atoms with Gasteiger partial charge in [-0.05, 0) is 92.8 Å². The largest absolute Gasteiger partial charge is 0.368 e. The Morgan fingerprint density at radius 2 is 1.88 bits per heavy atom. The summed E-state index contributed by atoms with van der Waals surface area (Å²) < 4.78 is 0. The normalized spacial score (nSPS) is 31.5. The van der Waals surface area contributed by atoms with Gasteiger partial charge in [0, 0.05) is 56.7 Å². The average molecular weight is 458 g/mol. The molecule has 5 heteroatoms. The molecule has 0 saturated carbocycles. The first-order valence-electron chi connectivity index (χ1n) is 13.8. The van der Waals surface area contributed by atoms with Crippen molar-refractivity contribution in [2.75, 3.05) is 44.2 Å². The summed E-state index contributed by atoms with van der Waals surface area (Å²) >= 11 is 0. The van der Waals surface area contributed by atoms with Gasteiger partial charge in [-0.1, -0.05) is 18.2 Å². The second kappa shape index (κ2) is 8.92. The number of aromatic nitrogens is 1.